The number of hydrogen-bond acceptors (Lipinski definition) is 3. The average Bonchev–Trinajstić information content (AvgIpc) is 2.30. The summed E-state index contributed by atoms with van der Waals surface area (Å²) in [4.78, 5) is 11.1. The van der Waals surface area contributed by atoms with Crippen LogP contribution in [0.2, 0.25) is 0 Å². The van der Waals surface area contributed by atoms with Gasteiger partial charge in [-0.1, -0.05) is 12.1 Å². The van der Waals surface area contributed by atoms with E-state index in [0.29, 0.717) is 6.42 Å². The van der Waals surface area contributed by atoms with Gasteiger partial charge < -0.3 is 9.47 Å². The van der Waals surface area contributed by atoms with Crippen LogP contribution in [-0.2, 0) is 16.0 Å². The highest BCUT2D eigenvalue weighted by Gasteiger charge is 2.12. The molecule has 0 saturated heterocycles. The van der Waals surface area contributed by atoms with Crippen LogP contribution in [0.3, 0.4) is 0 Å². The number of hydrogen-bond donors (Lipinski definition) is 0. The third-order valence-corrected chi connectivity index (χ3v) is 2.68. The molecule has 1 aromatic carbocycles. The summed E-state index contributed by atoms with van der Waals surface area (Å²) in [5.74, 6) is 0.558. The Morgan fingerprint density at radius 2 is 1.89 bits per heavy atom. The van der Waals surface area contributed by atoms with E-state index in [4.69, 9.17) is 16.3 Å². The normalized spacial score (nSPS) is 12.3. The molecule has 3 nitrogen and oxygen atoms in total. The summed E-state index contributed by atoms with van der Waals surface area (Å²) in [5, 5.41) is -0.241. The smallest absolute Gasteiger partial charge is 0.307 e. The molecule has 0 aromatic heterocycles. The number of carbonyl (C=O) groups is 1. The van der Waals surface area contributed by atoms with Crippen molar-refractivity contribution in [3.63, 3.8) is 0 Å². The quantitative estimate of drug-likeness (QED) is 0.588. The summed E-state index contributed by atoms with van der Waals surface area (Å²) in [7, 11) is 1.37. The van der Waals surface area contributed by atoms with Gasteiger partial charge in [0.1, 0.15) is 5.75 Å². The fourth-order valence-corrected chi connectivity index (χ4v) is 1.87. The molecular weight excluding hydrogens is 252 g/mol. The first-order valence-electron chi connectivity index (χ1n) is 5.97. The van der Waals surface area contributed by atoms with Crippen LogP contribution < -0.4 is 4.74 Å². The highest BCUT2D eigenvalue weighted by molar-refractivity contribution is 6.21. The summed E-state index contributed by atoms with van der Waals surface area (Å²) in [6.45, 7) is 3.97. The van der Waals surface area contributed by atoms with E-state index in [1.807, 2.05) is 38.1 Å². The van der Waals surface area contributed by atoms with Gasteiger partial charge in [-0.15, -0.1) is 11.6 Å². The van der Waals surface area contributed by atoms with Gasteiger partial charge in [-0.25, -0.2) is 0 Å². The molecule has 1 rings (SSSR count). The zero-order valence-electron chi connectivity index (χ0n) is 11.0. The monoisotopic (exact) mass is 270 g/mol. The second-order valence-electron chi connectivity index (χ2n) is 4.39. The van der Waals surface area contributed by atoms with Crippen LogP contribution in [-0.4, -0.2) is 24.6 Å². The topological polar surface area (TPSA) is 35.5 Å². The lowest BCUT2D eigenvalue weighted by Gasteiger charge is -2.11. The summed E-state index contributed by atoms with van der Waals surface area (Å²) in [5.41, 5.74) is 1.08. The molecule has 0 amide bonds. The minimum atomic E-state index is -0.283. The molecule has 0 radical (unpaired) electrons. The summed E-state index contributed by atoms with van der Waals surface area (Å²) >= 11 is 6.08. The van der Waals surface area contributed by atoms with E-state index in [0.717, 1.165) is 11.3 Å². The van der Waals surface area contributed by atoms with Crippen LogP contribution >= 0.6 is 11.6 Å². The van der Waals surface area contributed by atoms with Gasteiger partial charge in [0.2, 0.25) is 0 Å². The van der Waals surface area contributed by atoms with Crippen molar-refractivity contribution in [1.29, 1.82) is 0 Å². The van der Waals surface area contributed by atoms with E-state index in [1.165, 1.54) is 7.11 Å². The van der Waals surface area contributed by atoms with E-state index in [-0.39, 0.29) is 23.9 Å². The highest BCUT2D eigenvalue weighted by Crippen LogP contribution is 2.17. The molecule has 1 unspecified atom stereocenters. The Balaban J connectivity index is 2.50. The van der Waals surface area contributed by atoms with Crippen LogP contribution in [0.4, 0.5) is 0 Å². The van der Waals surface area contributed by atoms with Crippen LogP contribution in [0, 0.1) is 0 Å². The number of carbonyl (C=O) groups excluding carboxylic acids is 1. The van der Waals surface area contributed by atoms with Crippen LogP contribution in [0.1, 0.15) is 25.8 Å². The number of halogens is 1. The molecule has 18 heavy (non-hydrogen) atoms. The van der Waals surface area contributed by atoms with Crippen molar-refractivity contribution in [2.45, 2.75) is 38.2 Å². The largest absolute Gasteiger partial charge is 0.491 e. The molecule has 0 heterocycles. The maximum atomic E-state index is 11.1. The molecule has 0 aliphatic carbocycles. The molecular formula is C14H19ClO3. The first kappa shape index (κ1) is 14.8. The number of benzene rings is 1. The molecule has 0 aliphatic rings. The van der Waals surface area contributed by atoms with Crippen LogP contribution in [0.5, 0.6) is 5.75 Å². The predicted molar refractivity (Wildman–Crippen MR) is 72.2 cm³/mol. The third kappa shape index (κ3) is 5.41. The fraction of sp³-hybridized carbons (Fsp3) is 0.500. The lowest BCUT2D eigenvalue weighted by molar-refractivity contribution is -0.140. The van der Waals surface area contributed by atoms with Crippen molar-refractivity contribution >= 4 is 17.6 Å². The SMILES string of the molecule is COC(=O)CC(Cl)Cc1ccc(OC(C)C)cc1. The number of rotatable bonds is 6. The third-order valence-electron chi connectivity index (χ3n) is 2.37. The zero-order valence-corrected chi connectivity index (χ0v) is 11.7. The molecule has 0 N–H and O–H groups in total. The van der Waals surface area contributed by atoms with Crippen molar-refractivity contribution in [3.05, 3.63) is 29.8 Å². The van der Waals surface area contributed by atoms with E-state index in [1.54, 1.807) is 0 Å². The van der Waals surface area contributed by atoms with Gasteiger partial charge >= 0.3 is 5.97 Å². The van der Waals surface area contributed by atoms with Crippen LogP contribution in [0.25, 0.3) is 0 Å². The Morgan fingerprint density at radius 1 is 1.28 bits per heavy atom. The van der Waals surface area contributed by atoms with Crippen molar-refractivity contribution in [1.82, 2.24) is 0 Å². The molecule has 0 spiro atoms. The van der Waals surface area contributed by atoms with Gasteiger partial charge in [0.25, 0.3) is 0 Å². The molecule has 1 atom stereocenters. The molecule has 4 heteroatoms. The summed E-state index contributed by atoms with van der Waals surface area (Å²) in [6.07, 6.45) is 1.02. The maximum Gasteiger partial charge on any atom is 0.307 e. The summed E-state index contributed by atoms with van der Waals surface area (Å²) in [6, 6.07) is 7.75. The molecule has 1 aromatic rings. The Bertz CT molecular complexity index is 373. The van der Waals surface area contributed by atoms with Crippen molar-refractivity contribution in [3.8, 4) is 5.75 Å². The van der Waals surface area contributed by atoms with E-state index >= 15 is 0 Å². The molecule has 0 aliphatic heterocycles. The minimum absolute atomic E-state index is 0.163. The number of esters is 1. The van der Waals surface area contributed by atoms with Gasteiger partial charge in [0.05, 0.1) is 19.6 Å². The number of alkyl halides is 1. The lowest BCUT2D eigenvalue weighted by Crippen LogP contribution is -2.12. The Hall–Kier alpha value is -1.22. The molecule has 0 bridgehead atoms. The Labute approximate surface area is 113 Å². The lowest BCUT2D eigenvalue weighted by atomic mass is 10.1. The van der Waals surface area contributed by atoms with Gasteiger partial charge in [-0.3, -0.25) is 4.79 Å². The zero-order chi connectivity index (χ0) is 13.5. The molecule has 0 saturated carbocycles. The van der Waals surface area contributed by atoms with Crippen molar-refractivity contribution in [2.75, 3.05) is 7.11 Å². The van der Waals surface area contributed by atoms with E-state index in [2.05, 4.69) is 4.74 Å². The van der Waals surface area contributed by atoms with Crippen molar-refractivity contribution < 1.29 is 14.3 Å². The first-order valence-corrected chi connectivity index (χ1v) is 6.41. The number of ether oxygens (including phenoxy) is 2. The van der Waals surface area contributed by atoms with Gasteiger partial charge in [0.15, 0.2) is 0 Å². The predicted octanol–water partition coefficient (Wildman–Crippen LogP) is 3.19. The fourth-order valence-electron chi connectivity index (χ4n) is 1.57. The first-order chi connectivity index (χ1) is 8.51. The van der Waals surface area contributed by atoms with Gasteiger partial charge in [-0.05, 0) is 38.0 Å². The maximum absolute atomic E-state index is 11.1. The molecule has 0 fully saturated rings. The molecule has 100 valence electrons. The van der Waals surface area contributed by atoms with E-state index in [9.17, 15) is 4.79 Å². The Kier molecular flexibility index (Phi) is 5.99. The van der Waals surface area contributed by atoms with Gasteiger partial charge in [-0.2, -0.15) is 0 Å². The second kappa shape index (κ2) is 7.27. The highest BCUT2D eigenvalue weighted by atomic mass is 35.5. The minimum Gasteiger partial charge on any atom is -0.491 e. The Morgan fingerprint density at radius 3 is 2.39 bits per heavy atom. The summed E-state index contributed by atoms with van der Waals surface area (Å²) < 4.78 is 10.1. The van der Waals surface area contributed by atoms with Crippen molar-refractivity contribution in [2.24, 2.45) is 0 Å². The second-order valence-corrected chi connectivity index (χ2v) is 5.01. The number of methoxy groups -OCH3 is 1. The standard InChI is InChI=1S/C14H19ClO3/c1-10(2)18-13-6-4-11(5-7-13)8-12(15)9-14(16)17-3/h4-7,10,12H,8-9H2,1-3H3. The van der Waals surface area contributed by atoms with Crippen LogP contribution in [0.15, 0.2) is 24.3 Å². The van der Waals surface area contributed by atoms with Gasteiger partial charge in [0, 0.05) is 5.38 Å². The average molecular weight is 271 g/mol. The van der Waals surface area contributed by atoms with E-state index < -0.39 is 0 Å².